The molecule has 0 unspecified atom stereocenters. The average Bonchev–Trinajstić information content (AvgIpc) is 3.30. The molecule has 0 saturated heterocycles. The smallest absolute Gasteiger partial charge is 0.235 e. The molecule has 4 heteroatoms. The molecule has 1 fully saturated rings. The number of carbonyl (C=O) groups excluding carboxylic acids is 1. The summed E-state index contributed by atoms with van der Waals surface area (Å²) < 4.78 is 18.2. The second-order valence-corrected chi connectivity index (χ2v) is 5.28. The highest BCUT2D eigenvalue weighted by Crippen LogP contribution is 2.49. The molecule has 2 aromatic carbocycles. The maximum absolute atomic E-state index is 13.0. The molecule has 3 rings (SSSR count). The van der Waals surface area contributed by atoms with Gasteiger partial charge in [0.15, 0.2) is 0 Å². The molecular weight excluding hydrogens is 269 g/mol. The second kappa shape index (κ2) is 5.20. The number of hydrogen-bond acceptors (Lipinski definition) is 2. The van der Waals surface area contributed by atoms with Crippen molar-refractivity contribution in [3.05, 3.63) is 59.9 Å². The Morgan fingerprint density at radius 1 is 1.19 bits per heavy atom. The molecule has 0 spiro atoms. The number of anilines is 1. The molecule has 1 N–H and O–H groups in total. The van der Waals surface area contributed by atoms with Gasteiger partial charge < -0.3 is 10.1 Å². The molecule has 0 radical (unpaired) electrons. The molecule has 1 aliphatic carbocycles. The first-order valence-electron chi connectivity index (χ1n) is 6.86. The lowest BCUT2D eigenvalue weighted by Gasteiger charge is -2.16. The number of rotatable bonds is 4. The minimum Gasteiger partial charge on any atom is -0.497 e. The van der Waals surface area contributed by atoms with Gasteiger partial charge in [0, 0.05) is 11.8 Å². The van der Waals surface area contributed by atoms with Gasteiger partial charge in [-0.15, -0.1) is 0 Å². The highest BCUT2D eigenvalue weighted by Gasteiger charge is 2.51. The Morgan fingerprint density at radius 2 is 1.90 bits per heavy atom. The summed E-state index contributed by atoms with van der Waals surface area (Å²) in [6.07, 6.45) is 1.57. The van der Waals surface area contributed by atoms with Crippen LogP contribution in [0.3, 0.4) is 0 Å². The molecule has 2 aromatic rings. The van der Waals surface area contributed by atoms with E-state index in [1.807, 2.05) is 18.2 Å². The molecule has 0 bridgehead atoms. The van der Waals surface area contributed by atoms with Gasteiger partial charge in [0.2, 0.25) is 5.91 Å². The summed E-state index contributed by atoms with van der Waals surface area (Å²) in [5.74, 6) is 0.351. The predicted octanol–water partition coefficient (Wildman–Crippen LogP) is 3.50. The van der Waals surface area contributed by atoms with Crippen LogP contribution >= 0.6 is 0 Å². The molecular formula is C17H16FNO2. The Balaban J connectivity index is 1.80. The van der Waals surface area contributed by atoms with Crippen LogP contribution in [0.15, 0.2) is 48.5 Å². The zero-order chi connectivity index (χ0) is 14.9. The number of benzene rings is 2. The molecule has 21 heavy (non-hydrogen) atoms. The molecule has 0 aromatic heterocycles. The van der Waals surface area contributed by atoms with E-state index in [-0.39, 0.29) is 11.7 Å². The van der Waals surface area contributed by atoms with Crippen molar-refractivity contribution < 1.29 is 13.9 Å². The van der Waals surface area contributed by atoms with Gasteiger partial charge in [0.05, 0.1) is 12.5 Å². The average molecular weight is 285 g/mol. The summed E-state index contributed by atoms with van der Waals surface area (Å²) in [6, 6.07) is 13.4. The van der Waals surface area contributed by atoms with Crippen molar-refractivity contribution in [2.45, 2.75) is 18.3 Å². The Bertz CT molecular complexity index is 663. The van der Waals surface area contributed by atoms with Crippen LogP contribution in [0.2, 0.25) is 0 Å². The third-order valence-corrected chi connectivity index (χ3v) is 3.91. The maximum Gasteiger partial charge on any atom is 0.235 e. The van der Waals surface area contributed by atoms with Crippen LogP contribution in [-0.2, 0) is 10.2 Å². The van der Waals surface area contributed by atoms with Crippen LogP contribution in [0.1, 0.15) is 18.4 Å². The van der Waals surface area contributed by atoms with Crippen LogP contribution in [0, 0.1) is 5.82 Å². The number of hydrogen-bond donors (Lipinski definition) is 1. The number of halogens is 1. The monoisotopic (exact) mass is 285 g/mol. The second-order valence-electron chi connectivity index (χ2n) is 5.28. The van der Waals surface area contributed by atoms with E-state index < -0.39 is 5.41 Å². The molecule has 108 valence electrons. The van der Waals surface area contributed by atoms with Gasteiger partial charge in [-0.2, -0.15) is 0 Å². The first-order valence-corrected chi connectivity index (χ1v) is 6.86. The molecule has 0 heterocycles. The maximum atomic E-state index is 13.0. The normalized spacial score (nSPS) is 15.3. The van der Waals surface area contributed by atoms with Crippen LogP contribution in [0.5, 0.6) is 5.75 Å². The van der Waals surface area contributed by atoms with E-state index in [1.54, 1.807) is 25.3 Å². The molecule has 0 aliphatic heterocycles. The van der Waals surface area contributed by atoms with E-state index >= 15 is 0 Å². The van der Waals surface area contributed by atoms with Crippen LogP contribution in [0.25, 0.3) is 0 Å². The zero-order valence-corrected chi connectivity index (χ0v) is 11.7. The highest BCUT2D eigenvalue weighted by molar-refractivity contribution is 6.01. The number of ether oxygens (including phenoxy) is 1. The first-order chi connectivity index (χ1) is 10.1. The standard InChI is InChI=1S/C17H16FNO2/c1-21-15-4-2-3-14(11-15)19-16(20)17(9-10-17)12-5-7-13(18)8-6-12/h2-8,11H,9-10H2,1H3,(H,19,20). The van der Waals surface area contributed by atoms with Gasteiger partial charge >= 0.3 is 0 Å². The minimum atomic E-state index is -0.517. The van der Waals surface area contributed by atoms with Crippen molar-refractivity contribution in [2.24, 2.45) is 0 Å². The zero-order valence-electron chi connectivity index (χ0n) is 11.7. The summed E-state index contributed by atoms with van der Waals surface area (Å²) in [5, 5.41) is 2.92. The molecule has 1 saturated carbocycles. The SMILES string of the molecule is COc1cccc(NC(=O)C2(c3ccc(F)cc3)CC2)c1. The first kappa shape index (κ1) is 13.6. The van der Waals surface area contributed by atoms with E-state index in [4.69, 9.17) is 4.74 Å². The molecule has 3 nitrogen and oxygen atoms in total. The number of nitrogens with one attached hydrogen (secondary N) is 1. The lowest BCUT2D eigenvalue weighted by molar-refractivity contribution is -0.118. The molecule has 1 amide bonds. The Hall–Kier alpha value is -2.36. The fraction of sp³-hybridized carbons (Fsp3) is 0.235. The molecule has 0 atom stereocenters. The van der Waals surface area contributed by atoms with Gasteiger partial charge in [-0.1, -0.05) is 18.2 Å². The van der Waals surface area contributed by atoms with Crippen molar-refractivity contribution in [3.8, 4) is 5.75 Å². The van der Waals surface area contributed by atoms with Crippen molar-refractivity contribution in [2.75, 3.05) is 12.4 Å². The van der Waals surface area contributed by atoms with Crippen molar-refractivity contribution in [1.29, 1.82) is 0 Å². The topological polar surface area (TPSA) is 38.3 Å². The van der Waals surface area contributed by atoms with Crippen molar-refractivity contribution in [1.82, 2.24) is 0 Å². The Kier molecular flexibility index (Phi) is 3.37. The van der Waals surface area contributed by atoms with Gasteiger partial charge in [0.25, 0.3) is 0 Å². The Morgan fingerprint density at radius 3 is 2.52 bits per heavy atom. The van der Waals surface area contributed by atoms with Crippen LogP contribution in [-0.4, -0.2) is 13.0 Å². The van der Waals surface area contributed by atoms with Crippen LogP contribution < -0.4 is 10.1 Å². The summed E-state index contributed by atoms with van der Waals surface area (Å²) in [6.45, 7) is 0. The lowest BCUT2D eigenvalue weighted by atomic mass is 9.95. The lowest BCUT2D eigenvalue weighted by Crippen LogP contribution is -2.27. The number of amides is 1. The predicted molar refractivity (Wildman–Crippen MR) is 78.9 cm³/mol. The third kappa shape index (κ3) is 2.61. The van der Waals surface area contributed by atoms with E-state index in [2.05, 4.69) is 5.32 Å². The number of methoxy groups -OCH3 is 1. The highest BCUT2D eigenvalue weighted by atomic mass is 19.1. The third-order valence-electron chi connectivity index (χ3n) is 3.91. The molecule has 1 aliphatic rings. The summed E-state index contributed by atoms with van der Waals surface area (Å²) >= 11 is 0. The van der Waals surface area contributed by atoms with Gasteiger partial charge in [-0.3, -0.25) is 4.79 Å². The fourth-order valence-electron chi connectivity index (χ4n) is 2.49. The van der Waals surface area contributed by atoms with Crippen LogP contribution in [0.4, 0.5) is 10.1 Å². The number of carbonyl (C=O) groups is 1. The summed E-state index contributed by atoms with van der Waals surface area (Å²) in [7, 11) is 1.59. The fourth-order valence-corrected chi connectivity index (χ4v) is 2.49. The minimum absolute atomic E-state index is 0.0534. The van der Waals surface area contributed by atoms with Crippen molar-refractivity contribution >= 4 is 11.6 Å². The van der Waals surface area contributed by atoms with E-state index in [9.17, 15) is 9.18 Å². The van der Waals surface area contributed by atoms with E-state index in [0.717, 1.165) is 18.4 Å². The van der Waals surface area contributed by atoms with Gasteiger partial charge in [0.1, 0.15) is 11.6 Å². The quantitative estimate of drug-likeness (QED) is 0.933. The largest absolute Gasteiger partial charge is 0.497 e. The van der Waals surface area contributed by atoms with E-state index in [1.165, 1.54) is 12.1 Å². The van der Waals surface area contributed by atoms with Gasteiger partial charge in [-0.05, 0) is 42.7 Å². The van der Waals surface area contributed by atoms with Crippen molar-refractivity contribution in [3.63, 3.8) is 0 Å². The Labute approximate surface area is 122 Å². The summed E-state index contributed by atoms with van der Waals surface area (Å²) in [4.78, 5) is 12.5. The van der Waals surface area contributed by atoms with E-state index in [0.29, 0.717) is 11.4 Å². The summed E-state index contributed by atoms with van der Waals surface area (Å²) in [5.41, 5.74) is 1.05. The van der Waals surface area contributed by atoms with Gasteiger partial charge in [-0.25, -0.2) is 4.39 Å².